The number of hydrogen-bond donors (Lipinski definition) is 2. The lowest BCUT2D eigenvalue weighted by molar-refractivity contribution is -0.0802. The summed E-state index contributed by atoms with van der Waals surface area (Å²) in [5.41, 5.74) is 1.24. The molecule has 2 N–H and O–H groups in total. The zero-order valence-corrected chi connectivity index (χ0v) is 7.62. The predicted molar refractivity (Wildman–Crippen MR) is 46.6 cm³/mol. The van der Waals surface area contributed by atoms with E-state index in [4.69, 9.17) is 5.11 Å². The van der Waals surface area contributed by atoms with Crippen molar-refractivity contribution in [3.05, 3.63) is 11.6 Å². The third kappa shape index (κ3) is 0.824. The van der Waals surface area contributed by atoms with Gasteiger partial charge in [0.1, 0.15) is 0 Å². The van der Waals surface area contributed by atoms with Crippen LogP contribution in [0.25, 0.3) is 0 Å². The number of hydrogen-bond acceptors (Lipinski definition) is 2. The molecule has 12 heavy (non-hydrogen) atoms. The van der Waals surface area contributed by atoms with Gasteiger partial charge in [0, 0.05) is 0 Å². The Kier molecular flexibility index (Phi) is 1.61. The van der Waals surface area contributed by atoms with Crippen LogP contribution in [-0.2, 0) is 0 Å². The fourth-order valence-electron chi connectivity index (χ4n) is 2.78. The largest absolute Gasteiger partial charge is 0.392 e. The first kappa shape index (κ1) is 8.27. The number of fused-ring (bicyclic) bond motifs is 1. The van der Waals surface area contributed by atoms with Gasteiger partial charge in [-0.2, -0.15) is 0 Å². The summed E-state index contributed by atoms with van der Waals surface area (Å²) >= 11 is 0. The molecule has 3 aliphatic carbocycles. The molecule has 0 saturated heterocycles. The van der Waals surface area contributed by atoms with Gasteiger partial charge < -0.3 is 10.2 Å². The van der Waals surface area contributed by atoms with Crippen molar-refractivity contribution in [2.24, 2.45) is 17.3 Å². The number of rotatable bonds is 1. The zero-order chi connectivity index (χ0) is 8.93. The minimum Gasteiger partial charge on any atom is -0.392 e. The van der Waals surface area contributed by atoms with Crippen LogP contribution in [0.15, 0.2) is 11.6 Å². The van der Waals surface area contributed by atoms with Gasteiger partial charge in [0.05, 0.1) is 12.7 Å². The summed E-state index contributed by atoms with van der Waals surface area (Å²) in [5.74, 6) is 0.925. The molecule has 3 atom stereocenters. The van der Waals surface area contributed by atoms with Crippen LogP contribution in [-0.4, -0.2) is 22.9 Å². The van der Waals surface area contributed by atoms with Crippen molar-refractivity contribution in [3.63, 3.8) is 0 Å². The van der Waals surface area contributed by atoms with Gasteiger partial charge in [-0.05, 0) is 29.2 Å². The Hall–Kier alpha value is -0.340. The van der Waals surface area contributed by atoms with Crippen molar-refractivity contribution in [3.8, 4) is 0 Å². The molecule has 2 bridgehead atoms. The molecule has 0 radical (unpaired) electrons. The van der Waals surface area contributed by atoms with Gasteiger partial charge in [-0.25, -0.2) is 0 Å². The van der Waals surface area contributed by atoms with Gasteiger partial charge in [-0.15, -0.1) is 0 Å². The van der Waals surface area contributed by atoms with Crippen LogP contribution in [0.1, 0.15) is 20.3 Å². The zero-order valence-electron chi connectivity index (χ0n) is 7.62. The van der Waals surface area contributed by atoms with E-state index in [9.17, 15) is 5.11 Å². The highest BCUT2D eigenvalue weighted by Crippen LogP contribution is 2.58. The van der Waals surface area contributed by atoms with Crippen LogP contribution in [0.3, 0.4) is 0 Å². The van der Waals surface area contributed by atoms with E-state index < -0.39 is 0 Å². The summed E-state index contributed by atoms with van der Waals surface area (Å²) in [7, 11) is 0. The fourth-order valence-corrected chi connectivity index (χ4v) is 2.78. The van der Waals surface area contributed by atoms with Gasteiger partial charge in [0.15, 0.2) is 0 Å². The Balaban J connectivity index is 2.30. The third-order valence-electron chi connectivity index (χ3n) is 3.77. The van der Waals surface area contributed by atoms with Crippen molar-refractivity contribution >= 4 is 0 Å². The molecule has 0 unspecified atom stereocenters. The molecular weight excluding hydrogens is 152 g/mol. The minimum atomic E-state index is -0.327. The Morgan fingerprint density at radius 3 is 2.67 bits per heavy atom. The van der Waals surface area contributed by atoms with Crippen LogP contribution in [0.4, 0.5) is 0 Å². The average Bonchev–Trinajstić information content (AvgIpc) is 2.02. The van der Waals surface area contributed by atoms with Crippen molar-refractivity contribution < 1.29 is 10.2 Å². The second kappa shape index (κ2) is 2.33. The van der Waals surface area contributed by atoms with E-state index >= 15 is 0 Å². The maximum atomic E-state index is 9.67. The molecule has 1 fully saturated rings. The summed E-state index contributed by atoms with van der Waals surface area (Å²) < 4.78 is 0. The minimum absolute atomic E-state index is 0.109. The van der Waals surface area contributed by atoms with Crippen molar-refractivity contribution in [1.82, 2.24) is 0 Å². The summed E-state index contributed by atoms with van der Waals surface area (Å²) in [6, 6.07) is 0. The highest BCUT2D eigenvalue weighted by Gasteiger charge is 2.54. The summed E-state index contributed by atoms with van der Waals surface area (Å²) in [5, 5.41) is 18.7. The smallest absolute Gasteiger partial charge is 0.0758 e. The highest BCUT2D eigenvalue weighted by atomic mass is 16.3. The van der Waals surface area contributed by atoms with E-state index in [0.717, 1.165) is 12.0 Å². The summed E-state index contributed by atoms with van der Waals surface area (Å²) in [6.07, 6.45) is 2.57. The molecular formula is C10H16O2. The molecule has 68 valence electrons. The molecule has 0 heterocycles. The monoisotopic (exact) mass is 168 g/mol. The first-order valence-electron chi connectivity index (χ1n) is 4.57. The molecule has 1 saturated carbocycles. The SMILES string of the molecule is CC1(C)[C@@H]2C[C@H]1[C@H](O)C=C2CO. The van der Waals surface area contributed by atoms with E-state index in [1.807, 2.05) is 6.08 Å². The second-order valence-electron chi connectivity index (χ2n) is 4.61. The lowest BCUT2D eigenvalue weighted by atomic mass is 9.48. The van der Waals surface area contributed by atoms with Crippen LogP contribution in [0.5, 0.6) is 0 Å². The van der Waals surface area contributed by atoms with Gasteiger partial charge in [0.2, 0.25) is 0 Å². The van der Waals surface area contributed by atoms with Crippen LogP contribution >= 0.6 is 0 Å². The lowest BCUT2D eigenvalue weighted by Gasteiger charge is -2.57. The molecule has 0 aliphatic heterocycles. The van der Waals surface area contributed by atoms with Crippen LogP contribution < -0.4 is 0 Å². The Morgan fingerprint density at radius 2 is 2.25 bits per heavy atom. The normalized spacial score (nSPS) is 43.3. The first-order valence-corrected chi connectivity index (χ1v) is 4.57. The summed E-state index contributed by atoms with van der Waals surface area (Å²) in [6.45, 7) is 4.47. The Bertz CT molecular complexity index is 230. The maximum Gasteiger partial charge on any atom is 0.0758 e. The quantitative estimate of drug-likeness (QED) is 0.572. The molecule has 0 aromatic carbocycles. The Morgan fingerprint density at radius 1 is 1.58 bits per heavy atom. The fraction of sp³-hybridized carbons (Fsp3) is 0.800. The molecule has 2 nitrogen and oxygen atoms in total. The van der Waals surface area contributed by atoms with E-state index in [-0.39, 0.29) is 18.1 Å². The molecule has 0 aromatic heterocycles. The van der Waals surface area contributed by atoms with Crippen molar-refractivity contribution in [2.75, 3.05) is 6.61 Å². The van der Waals surface area contributed by atoms with E-state index in [1.165, 1.54) is 0 Å². The number of aliphatic hydroxyl groups excluding tert-OH is 2. The maximum absolute atomic E-state index is 9.67. The van der Waals surface area contributed by atoms with Crippen LogP contribution in [0, 0.1) is 17.3 Å². The predicted octanol–water partition coefficient (Wildman–Crippen LogP) is 0.942. The van der Waals surface area contributed by atoms with Gasteiger partial charge in [-0.3, -0.25) is 0 Å². The second-order valence-corrected chi connectivity index (χ2v) is 4.61. The summed E-state index contributed by atoms with van der Waals surface area (Å²) in [4.78, 5) is 0. The molecule has 0 spiro atoms. The van der Waals surface area contributed by atoms with E-state index in [1.54, 1.807) is 0 Å². The van der Waals surface area contributed by atoms with E-state index in [2.05, 4.69) is 13.8 Å². The number of aliphatic hydroxyl groups is 2. The third-order valence-corrected chi connectivity index (χ3v) is 3.77. The standard InChI is InChI=1S/C10H16O2/c1-10(2)7-4-8(10)9(12)3-6(7)5-11/h3,7-9,11-12H,4-5H2,1-2H3/t7-,8+,9-/m1/s1. The highest BCUT2D eigenvalue weighted by molar-refractivity contribution is 5.26. The van der Waals surface area contributed by atoms with Gasteiger partial charge >= 0.3 is 0 Å². The topological polar surface area (TPSA) is 40.5 Å². The van der Waals surface area contributed by atoms with Gasteiger partial charge in [0.25, 0.3) is 0 Å². The van der Waals surface area contributed by atoms with E-state index in [0.29, 0.717) is 11.8 Å². The van der Waals surface area contributed by atoms with Crippen LogP contribution in [0.2, 0.25) is 0 Å². The molecule has 0 amide bonds. The Labute approximate surface area is 72.9 Å². The molecule has 2 heteroatoms. The molecule has 3 aliphatic rings. The van der Waals surface area contributed by atoms with Gasteiger partial charge in [-0.1, -0.05) is 19.9 Å². The average molecular weight is 168 g/mol. The first-order chi connectivity index (χ1) is 5.57. The lowest BCUT2D eigenvalue weighted by Crippen LogP contribution is -2.54. The molecule has 0 aromatic rings. The van der Waals surface area contributed by atoms with Crippen molar-refractivity contribution in [2.45, 2.75) is 26.4 Å². The van der Waals surface area contributed by atoms with Crippen molar-refractivity contribution in [1.29, 1.82) is 0 Å². The molecule has 3 rings (SSSR count).